The highest BCUT2D eigenvalue weighted by Crippen LogP contribution is 2.56. The summed E-state index contributed by atoms with van der Waals surface area (Å²) in [5, 5.41) is 4.03. The minimum Gasteiger partial charge on any atom is -0.140 e. The Morgan fingerprint density at radius 3 is 2.07 bits per heavy atom. The van der Waals surface area contributed by atoms with Gasteiger partial charge in [0.1, 0.15) is 0 Å². The standard InChI is InChI=1S/C25H19PS2/c1-14-12-16-5-10-20-22(24(16)27-14)21-11-6-17-13-19(28-25(17)23(20)21)9-4-15-2-7-18(26)8-3-15/h2-3,5-8,10-13H,4,9,26H2,1H3. The summed E-state index contributed by atoms with van der Waals surface area (Å²) in [5.74, 6) is 0. The van der Waals surface area contributed by atoms with Crippen molar-refractivity contribution in [2.24, 2.45) is 0 Å². The number of thiophene rings is 2. The molecule has 0 N–H and O–H groups in total. The predicted molar refractivity (Wildman–Crippen MR) is 130 cm³/mol. The normalized spacial score (nSPS) is 12.2. The van der Waals surface area contributed by atoms with Gasteiger partial charge < -0.3 is 0 Å². The van der Waals surface area contributed by atoms with Gasteiger partial charge in [-0.3, -0.25) is 0 Å². The van der Waals surface area contributed by atoms with Gasteiger partial charge in [-0.15, -0.1) is 31.9 Å². The first-order valence-electron chi connectivity index (χ1n) is 9.61. The highest BCUT2D eigenvalue weighted by Gasteiger charge is 2.28. The lowest BCUT2D eigenvalue weighted by Gasteiger charge is -2.25. The molecule has 0 saturated heterocycles. The molecule has 136 valence electrons. The van der Waals surface area contributed by atoms with E-state index in [9.17, 15) is 0 Å². The van der Waals surface area contributed by atoms with E-state index >= 15 is 0 Å². The Kier molecular flexibility index (Phi) is 3.78. The monoisotopic (exact) mass is 414 g/mol. The molecule has 6 rings (SSSR count). The van der Waals surface area contributed by atoms with Crippen molar-refractivity contribution in [2.75, 3.05) is 0 Å². The summed E-state index contributed by atoms with van der Waals surface area (Å²) in [6.45, 7) is 2.21. The second-order valence-electron chi connectivity index (χ2n) is 7.62. The van der Waals surface area contributed by atoms with Crippen molar-refractivity contribution in [3.8, 4) is 22.3 Å². The molecule has 28 heavy (non-hydrogen) atoms. The maximum atomic E-state index is 2.76. The van der Waals surface area contributed by atoms with Gasteiger partial charge >= 0.3 is 0 Å². The summed E-state index contributed by atoms with van der Waals surface area (Å²) < 4.78 is 2.92. The van der Waals surface area contributed by atoms with E-state index in [1.165, 1.54) is 63.0 Å². The van der Waals surface area contributed by atoms with Crippen LogP contribution in [0, 0.1) is 6.92 Å². The van der Waals surface area contributed by atoms with Crippen LogP contribution in [0.4, 0.5) is 0 Å². The van der Waals surface area contributed by atoms with Crippen LogP contribution in [0.3, 0.4) is 0 Å². The summed E-state index contributed by atoms with van der Waals surface area (Å²) in [4.78, 5) is 2.88. The van der Waals surface area contributed by atoms with Gasteiger partial charge in [0, 0.05) is 30.3 Å². The van der Waals surface area contributed by atoms with Crippen LogP contribution < -0.4 is 5.30 Å². The zero-order valence-electron chi connectivity index (χ0n) is 15.6. The van der Waals surface area contributed by atoms with Crippen molar-refractivity contribution in [1.82, 2.24) is 0 Å². The number of fused-ring (bicyclic) bond motifs is 8. The molecule has 0 nitrogen and oxygen atoms in total. The van der Waals surface area contributed by atoms with Crippen molar-refractivity contribution in [3.63, 3.8) is 0 Å². The lowest BCUT2D eigenvalue weighted by atomic mass is 9.79. The highest BCUT2D eigenvalue weighted by atomic mass is 32.1. The van der Waals surface area contributed by atoms with Crippen molar-refractivity contribution >= 4 is 57.4 Å². The van der Waals surface area contributed by atoms with Gasteiger partial charge in [-0.2, -0.15) is 0 Å². The summed E-state index contributed by atoms with van der Waals surface area (Å²) >= 11 is 3.91. The van der Waals surface area contributed by atoms with Crippen molar-refractivity contribution < 1.29 is 0 Å². The van der Waals surface area contributed by atoms with Gasteiger partial charge in [0.25, 0.3) is 0 Å². The van der Waals surface area contributed by atoms with Crippen LogP contribution in [0.5, 0.6) is 0 Å². The van der Waals surface area contributed by atoms with Crippen molar-refractivity contribution in [2.45, 2.75) is 19.8 Å². The third-order valence-electron chi connectivity index (χ3n) is 5.73. The molecule has 0 amide bonds. The number of benzene rings is 3. The summed E-state index contributed by atoms with van der Waals surface area (Å²) in [7, 11) is 2.76. The Balaban J connectivity index is 1.38. The Morgan fingerprint density at radius 1 is 0.714 bits per heavy atom. The van der Waals surface area contributed by atoms with Gasteiger partial charge in [-0.05, 0) is 64.7 Å². The molecule has 0 bridgehead atoms. The van der Waals surface area contributed by atoms with E-state index in [0.29, 0.717) is 0 Å². The average Bonchev–Trinajstić information content (AvgIpc) is 3.24. The van der Waals surface area contributed by atoms with Crippen LogP contribution in [0.15, 0.2) is 60.7 Å². The molecular weight excluding hydrogens is 395 g/mol. The van der Waals surface area contributed by atoms with Crippen LogP contribution in [0.1, 0.15) is 15.3 Å². The Morgan fingerprint density at radius 2 is 1.36 bits per heavy atom. The van der Waals surface area contributed by atoms with Crippen LogP contribution in [0.25, 0.3) is 42.4 Å². The minimum absolute atomic E-state index is 1.10. The fourth-order valence-electron chi connectivity index (χ4n) is 4.35. The van der Waals surface area contributed by atoms with Crippen molar-refractivity contribution in [3.05, 3.63) is 76.0 Å². The number of hydrogen-bond donors (Lipinski definition) is 0. The molecule has 3 aromatic carbocycles. The number of hydrogen-bond acceptors (Lipinski definition) is 2. The zero-order valence-corrected chi connectivity index (χ0v) is 18.4. The van der Waals surface area contributed by atoms with E-state index in [2.05, 4.69) is 76.8 Å². The van der Waals surface area contributed by atoms with Gasteiger partial charge in [0.2, 0.25) is 0 Å². The fourth-order valence-corrected chi connectivity index (χ4v) is 6.84. The third kappa shape index (κ3) is 2.52. The van der Waals surface area contributed by atoms with Gasteiger partial charge in [0.15, 0.2) is 0 Å². The van der Waals surface area contributed by atoms with Crippen molar-refractivity contribution in [1.29, 1.82) is 0 Å². The van der Waals surface area contributed by atoms with E-state index in [1.807, 2.05) is 22.7 Å². The van der Waals surface area contributed by atoms with E-state index in [1.54, 1.807) is 0 Å². The molecule has 2 aromatic heterocycles. The first-order valence-corrected chi connectivity index (χ1v) is 11.8. The maximum absolute atomic E-state index is 2.76. The first-order chi connectivity index (χ1) is 13.7. The number of rotatable bonds is 3. The van der Waals surface area contributed by atoms with Crippen LogP contribution in [-0.2, 0) is 12.8 Å². The van der Waals surface area contributed by atoms with Gasteiger partial charge in [-0.25, -0.2) is 0 Å². The summed E-state index contributed by atoms with van der Waals surface area (Å²) in [6.07, 6.45) is 2.21. The molecule has 0 fully saturated rings. The molecule has 0 spiro atoms. The molecule has 5 aromatic rings. The second-order valence-corrected chi connectivity index (χ2v) is 10.7. The van der Waals surface area contributed by atoms with Gasteiger partial charge in [0.05, 0.1) is 0 Å². The zero-order chi connectivity index (χ0) is 18.8. The Bertz CT molecular complexity index is 1370. The topological polar surface area (TPSA) is 0 Å². The molecule has 0 radical (unpaired) electrons. The lowest BCUT2D eigenvalue weighted by molar-refractivity contribution is 0.982. The molecule has 0 aliphatic heterocycles. The lowest BCUT2D eigenvalue weighted by Crippen LogP contribution is -1.98. The van der Waals surface area contributed by atoms with E-state index < -0.39 is 0 Å². The maximum Gasteiger partial charge on any atom is 0.0430 e. The molecule has 0 saturated carbocycles. The molecule has 3 heteroatoms. The largest absolute Gasteiger partial charge is 0.140 e. The van der Waals surface area contributed by atoms with Gasteiger partial charge in [-0.1, -0.05) is 48.5 Å². The molecular formula is C25H19PS2. The summed E-state index contributed by atoms with van der Waals surface area (Å²) in [6, 6.07) is 22.8. The van der Waals surface area contributed by atoms with Crippen LogP contribution >= 0.6 is 31.9 Å². The molecule has 1 aliphatic carbocycles. The summed E-state index contributed by atoms with van der Waals surface area (Å²) in [5.41, 5.74) is 7.25. The van der Waals surface area contributed by atoms with E-state index in [-0.39, 0.29) is 0 Å². The Hall–Kier alpha value is -1.99. The minimum atomic E-state index is 1.10. The average molecular weight is 415 g/mol. The van der Waals surface area contributed by atoms with Crippen LogP contribution in [-0.4, -0.2) is 0 Å². The Labute approximate surface area is 175 Å². The molecule has 1 unspecified atom stereocenters. The highest BCUT2D eigenvalue weighted by molar-refractivity contribution is 7.27. The predicted octanol–water partition coefficient (Wildman–Crippen LogP) is 7.36. The van der Waals surface area contributed by atoms with E-state index in [4.69, 9.17) is 0 Å². The number of aryl methyl sites for hydroxylation is 3. The molecule has 2 heterocycles. The second kappa shape index (κ2) is 6.26. The van der Waals surface area contributed by atoms with E-state index in [0.717, 1.165) is 12.8 Å². The smallest absolute Gasteiger partial charge is 0.0430 e. The third-order valence-corrected chi connectivity index (χ3v) is 8.42. The fraction of sp³-hybridized carbons (Fsp3) is 0.120. The first kappa shape index (κ1) is 16.9. The van der Waals surface area contributed by atoms with Crippen LogP contribution in [0.2, 0.25) is 0 Å². The quantitative estimate of drug-likeness (QED) is 0.265. The SMILES string of the molecule is Cc1cc2ccc3c(c2s1)-c1ccc2cc(CCc4ccc(P)cc4)sc2c1-3. The molecule has 1 aliphatic rings. The molecule has 1 atom stereocenters.